The van der Waals surface area contributed by atoms with E-state index in [-0.39, 0.29) is 4.83 Å². The van der Waals surface area contributed by atoms with Crippen molar-refractivity contribution < 1.29 is 19.4 Å². The summed E-state index contributed by atoms with van der Waals surface area (Å²) in [4.78, 5) is 11.3. The van der Waals surface area contributed by atoms with Crippen molar-refractivity contribution in [3.05, 3.63) is 59.7 Å². The second kappa shape index (κ2) is 4.94. The average molecular weight is 385 g/mol. The lowest BCUT2D eigenvalue weighted by Crippen LogP contribution is -2.37. The van der Waals surface area contributed by atoms with Crippen molar-refractivity contribution >= 4 is 43.6 Å². The summed E-state index contributed by atoms with van der Waals surface area (Å²) in [7, 11) is 0. The molecule has 1 aliphatic heterocycles. The SMILES string of the molecule is O=C1O[C@@H]2[C@H](O1)[C@@H](O)c1ccc3ccc4ccccc4c3c1[C@H]2Br. The topological polar surface area (TPSA) is 55.8 Å². The number of carbonyl (C=O) groups is 1. The summed E-state index contributed by atoms with van der Waals surface area (Å²) in [5.74, 6) is 0. The highest BCUT2D eigenvalue weighted by atomic mass is 79.9. The standard InChI is InChI=1S/C19H13BrO4/c20-15-14-12(16(21)18-17(15)23-19(22)24-18)8-7-10-6-5-9-3-1-2-4-11(9)13(10)14/h1-8,15-18,21H/t15-,16+,17+,18-/m1/s1. The quantitative estimate of drug-likeness (QED) is 0.355. The lowest BCUT2D eigenvalue weighted by atomic mass is 9.81. The molecule has 0 aromatic heterocycles. The Bertz CT molecular complexity index is 999. The number of aliphatic hydroxyl groups excluding tert-OH is 1. The molecule has 5 rings (SSSR count). The van der Waals surface area contributed by atoms with Gasteiger partial charge >= 0.3 is 6.16 Å². The van der Waals surface area contributed by atoms with Crippen LogP contribution in [0, 0.1) is 0 Å². The highest BCUT2D eigenvalue weighted by Crippen LogP contribution is 2.50. The normalized spacial score (nSPS) is 28.3. The maximum absolute atomic E-state index is 11.6. The van der Waals surface area contributed by atoms with Crippen molar-refractivity contribution in [2.24, 2.45) is 0 Å². The molecule has 3 aromatic rings. The number of benzene rings is 3. The Morgan fingerprint density at radius 3 is 2.50 bits per heavy atom. The van der Waals surface area contributed by atoms with E-state index in [1.54, 1.807) is 0 Å². The van der Waals surface area contributed by atoms with Gasteiger partial charge in [0.25, 0.3) is 0 Å². The van der Waals surface area contributed by atoms with Gasteiger partial charge in [-0.1, -0.05) is 64.5 Å². The van der Waals surface area contributed by atoms with E-state index in [4.69, 9.17) is 9.47 Å². The van der Waals surface area contributed by atoms with Gasteiger partial charge in [-0.25, -0.2) is 4.79 Å². The van der Waals surface area contributed by atoms with Crippen molar-refractivity contribution in [1.82, 2.24) is 0 Å². The third-order valence-electron chi connectivity index (χ3n) is 4.97. The molecule has 1 fully saturated rings. The maximum atomic E-state index is 11.6. The number of hydrogen-bond donors (Lipinski definition) is 1. The van der Waals surface area contributed by atoms with Crippen LogP contribution in [0.5, 0.6) is 0 Å². The number of hydrogen-bond acceptors (Lipinski definition) is 4. The Morgan fingerprint density at radius 2 is 1.62 bits per heavy atom. The van der Waals surface area contributed by atoms with Gasteiger partial charge in [-0.15, -0.1) is 0 Å². The van der Waals surface area contributed by atoms with E-state index >= 15 is 0 Å². The molecule has 2 aliphatic rings. The van der Waals surface area contributed by atoms with E-state index in [9.17, 15) is 9.90 Å². The second-order valence-electron chi connectivity index (χ2n) is 6.21. The van der Waals surface area contributed by atoms with Crippen LogP contribution < -0.4 is 0 Å². The fourth-order valence-corrected chi connectivity index (χ4v) is 4.79. The first-order valence-corrected chi connectivity index (χ1v) is 8.70. The molecule has 120 valence electrons. The molecule has 1 N–H and O–H groups in total. The van der Waals surface area contributed by atoms with Gasteiger partial charge in [0, 0.05) is 0 Å². The molecule has 0 bridgehead atoms. The molecular weight excluding hydrogens is 372 g/mol. The highest BCUT2D eigenvalue weighted by molar-refractivity contribution is 9.09. The summed E-state index contributed by atoms with van der Waals surface area (Å²) in [6, 6.07) is 16.2. The van der Waals surface area contributed by atoms with Crippen LogP contribution in [-0.4, -0.2) is 23.5 Å². The van der Waals surface area contributed by atoms with Gasteiger partial charge in [-0.05, 0) is 32.7 Å². The minimum absolute atomic E-state index is 0.234. The summed E-state index contributed by atoms with van der Waals surface area (Å²) in [6.45, 7) is 0. The van der Waals surface area contributed by atoms with E-state index < -0.39 is 24.5 Å². The smallest absolute Gasteiger partial charge is 0.425 e. The largest absolute Gasteiger partial charge is 0.509 e. The van der Waals surface area contributed by atoms with Crippen LogP contribution in [0.3, 0.4) is 0 Å². The molecule has 4 atom stereocenters. The number of carbonyl (C=O) groups excluding carboxylic acids is 1. The number of aliphatic hydroxyl groups is 1. The molecule has 0 radical (unpaired) electrons. The molecule has 0 spiro atoms. The molecule has 1 aliphatic carbocycles. The van der Waals surface area contributed by atoms with Crippen LogP contribution in [0.4, 0.5) is 4.79 Å². The number of alkyl halides is 1. The van der Waals surface area contributed by atoms with Crippen LogP contribution in [0.1, 0.15) is 22.1 Å². The minimum Gasteiger partial charge on any atom is -0.425 e. The van der Waals surface area contributed by atoms with Crippen LogP contribution in [0.25, 0.3) is 21.5 Å². The highest BCUT2D eigenvalue weighted by Gasteiger charge is 2.51. The Labute approximate surface area is 146 Å². The molecule has 0 unspecified atom stereocenters. The van der Waals surface area contributed by atoms with Crippen molar-refractivity contribution in [2.45, 2.75) is 23.1 Å². The van der Waals surface area contributed by atoms with E-state index in [1.807, 2.05) is 24.3 Å². The fraction of sp³-hybridized carbons (Fsp3) is 0.211. The minimum atomic E-state index is -0.895. The monoisotopic (exact) mass is 384 g/mol. The molecule has 1 heterocycles. The molecular formula is C19H13BrO4. The van der Waals surface area contributed by atoms with E-state index in [2.05, 4.69) is 40.2 Å². The van der Waals surface area contributed by atoms with Crippen LogP contribution in [-0.2, 0) is 9.47 Å². The van der Waals surface area contributed by atoms with E-state index in [1.165, 1.54) is 0 Å². The van der Waals surface area contributed by atoms with Gasteiger partial charge < -0.3 is 14.6 Å². The number of fused-ring (bicyclic) bond motifs is 6. The predicted molar refractivity (Wildman–Crippen MR) is 93.2 cm³/mol. The molecule has 5 heteroatoms. The van der Waals surface area contributed by atoms with Gasteiger partial charge in [0.05, 0.1) is 4.83 Å². The van der Waals surface area contributed by atoms with Crippen LogP contribution >= 0.6 is 15.9 Å². The van der Waals surface area contributed by atoms with Gasteiger partial charge in [0.1, 0.15) is 6.10 Å². The van der Waals surface area contributed by atoms with Gasteiger partial charge in [-0.2, -0.15) is 0 Å². The van der Waals surface area contributed by atoms with Crippen LogP contribution in [0.15, 0.2) is 48.5 Å². The summed E-state index contributed by atoms with van der Waals surface area (Å²) in [5, 5.41) is 15.1. The summed E-state index contributed by atoms with van der Waals surface area (Å²) in [6.07, 6.45) is -2.84. The van der Waals surface area contributed by atoms with Gasteiger partial charge in [0.2, 0.25) is 0 Å². The van der Waals surface area contributed by atoms with Gasteiger partial charge in [0.15, 0.2) is 12.2 Å². The fourth-order valence-electron chi connectivity index (χ4n) is 3.89. The molecule has 4 nitrogen and oxygen atoms in total. The molecule has 1 saturated heterocycles. The third-order valence-corrected chi connectivity index (χ3v) is 5.95. The Morgan fingerprint density at radius 1 is 0.917 bits per heavy atom. The Hall–Kier alpha value is -2.11. The second-order valence-corrected chi connectivity index (χ2v) is 7.20. The zero-order valence-corrected chi connectivity index (χ0v) is 14.1. The molecule has 0 amide bonds. The van der Waals surface area contributed by atoms with E-state index in [0.29, 0.717) is 0 Å². The maximum Gasteiger partial charge on any atom is 0.509 e. The first kappa shape index (κ1) is 14.3. The molecule has 24 heavy (non-hydrogen) atoms. The average Bonchev–Trinajstić information content (AvgIpc) is 3.01. The molecule has 3 aromatic carbocycles. The zero-order valence-electron chi connectivity index (χ0n) is 12.5. The van der Waals surface area contributed by atoms with E-state index in [0.717, 1.165) is 32.7 Å². The summed E-state index contributed by atoms with van der Waals surface area (Å²) in [5.41, 5.74) is 1.75. The zero-order chi connectivity index (χ0) is 16.4. The summed E-state index contributed by atoms with van der Waals surface area (Å²) >= 11 is 3.69. The first-order chi connectivity index (χ1) is 11.6. The van der Waals surface area contributed by atoms with Crippen molar-refractivity contribution in [1.29, 1.82) is 0 Å². The predicted octanol–water partition coefficient (Wildman–Crippen LogP) is 4.38. The van der Waals surface area contributed by atoms with Crippen molar-refractivity contribution in [3.63, 3.8) is 0 Å². The molecule has 0 saturated carbocycles. The number of halogens is 1. The number of rotatable bonds is 0. The van der Waals surface area contributed by atoms with Crippen molar-refractivity contribution in [2.75, 3.05) is 0 Å². The lowest BCUT2D eigenvalue weighted by molar-refractivity contribution is 0.00369. The Balaban J connectivity index is 1.87. The van der Waals surface area contributed by atoms with Crippen molar-refractivity contribution in [3.8, 4) is 0 Å². The van der Waals surface area contributed by atoms with Gasteiger partial charge in [-0.3, -0.25) is 0 Å². The lowest BCUT2D eigenvalue weighted by Gasteiger charge is -2.33. The van der Waals surface area contributed by atoms with Crippen LogP contribution in [0.2, 0.25) is 0 Å². The first-order valence-electron chi connectivity index (χ1n) is 7.79. The Kier molecular flexibility index (Phi) is 2.94. The number of ether oxygens (including phenoxy) is 2. The third kappa shape index (κ3) is 1.79. The summed E-state index contributed by atoms with van der Waals surface area (Å²) < 4.78 is 10.5.